The van der Waals surface area contributed by atoms with Crippen molar-refractivity contribution in [2.45, 2.75) is 64.7 Å². The minimum absolute atomic E-state index is 0.830. The third kappa shape index (κ3) is 9.17. The van der Waals surface area contributed by atoms with Gasteiger partial charge in [-0.3, -0.25) is 0 Å². The zero-order valence-corrected chi connectivity index (χ0v) is 13.5. The second-order valence-electron chi connectivity index (χ2n) is 5.60. The van der Waals surface area contributed by atoms with Crippen molar-refractivity contribution in [2.24, 2.45) is 5.73 Å². The highest BCUT2D eigenvalue weighted by atomic mass is 16.5. The molecule has 0 fully saturated rings. The number of hydrogen-bond acceptors (Lipinski definition) is 2. The second kappa shape index (κ2) is 12.3. The van der Waals surface area contributed by atoms with E-state index in [2.05, 4.69) is 19.1 Å². The van der Waals surface area contributed by atoms with Gasteiger partial charge >= 0.3 is 0 Å². The van der Waals surface area contributed by atoms with E-state index in [4.69, 9.17) is 10.5 Å². The largest absolute Gasteiger partial charge is 0.494 e. The average molecular weight is 289 g/mol. The second-order valence-corrected chi connectivity index (χ2v) is 5.60. The van der Waals surface area contributed by atoms with Gasteiger partial charge in [0, 0.05) is 0 Å². The predicted octanol–water partition coefficient (Wildman–Crippen LogP) is 5.22. The first-order valence-electron chi connectivity index (χ1n) is 8.45. The molecule has 21 heavy (non-hydrogen) atoms. The topological polar surface area (TPSA) is 35.2 Å². The van der Waals surface area contributed by atoms with Gasteiger partial charge in [-0.25, -0.2) is 0 Å². The molecule has 0 atom stereocenters. The summed E-state index contributed by atoms with van der Waals surface area (Å²) in [6, 6.07) is 8.29. The van der Waals surface area contributed by atoms with E-state index >= 15 is 0 Å². The zero-order valence-electron chi connectivity index (χ0n) is 13.5. The highest BCUT2D eigenvalue weighted by molar-refractivity contribution is 5.28. The first-order valence-corrected chi connectivity index (χ1v) is 8.45. The van der Waals surface area contributed by atoms with Crippen LogP contribution in [0.1, 0.15) is 63.9 Å². The summed E-state index contributed by atoms with van der Waals surface area (Å²) in [7, 11) is 0. The van der Waals surface area contributed by atoms with Crippen LogP contribution >= 0.6 is 0 Å². The Morgan fingerprint density at radius 1 is 0.905 bits per heavy atom. The van der Waals surface area contributed by atoms with Gasteiger partial charge in [0.25, 0.3) is 0 Å². The van der Waals surface area contributed by atoms with E-state index in [-0.39, 0.29) is 0 Å². The number of ether oxygens (including phenoxy) is 1. The molecule has 0 amide bonds. The summed E-state index contributed by atoms with van der Waals surface area (Å²) in [6.45, 7) is 3.09. The van der Waals surface area contributed by atoms with Crippen LogP contribution < -0.4 is 10.5 Å². The van der Waals surface area contributed by atoms with Crippen LogP contribution in [0.4, 0.5) is 0 Å². The van der Waals surface area contributed by atoms with Crippen LogP contribution in [-0.2, 0) is 6.42 Å². The molecule has 118 valence electrons. The van der Waals surface area contributed by atoms with Gasteiger partial charge in [-0.05, 0) is 36.7 Å². The van der Waals surface area contributed by atoms with E-state index in [0.29, 0.717) is 0 Å². The van der Waals surface area contributed by atoms with E-state index in [9.17, 15) is 0 Å². The molecule has 0 aromatic heterocycles. The van der Waals surface area contributed by atoms with Crippen LogP contribution in [0.25, 0.3) is 0 Å². The molecule has 1 rings (SSSR count). The summed E-state index contributed by atoms with van der Waals surface area (Å²) >= 11 is 0. The summed E-state index contributed by atoms with van der Waals surface area (Å²) in [4.78, 5) is 0. The van der Waals surface area contributed by atoms with Crippen molar-refractivity contribution < 1.29 is 4.74 Å². The van der Waals surface area contributed by atoms with Crippen LogP contribution in [0, 0.1) is 0 Å². The van der Waals surface area contributed by atoms with Crippen molar-refractivity contribution in [2.75, 3.05) is 6.61 Å². The normalized spacial score (nSPS) is 11.1. The number of benzene rings is 1. The first kappa shape index (κ1) is 17.6. The van der Waals surface area contributed by atoms with Crippen LogP contribution in [-0.4, -0.2) is 6.61 Å². The molecule has 2 N–H and O–H groups in total. The number of allylic oxidation sites excluding steroid dienone is 1. The number of rotatable bonds is 12. The smallest absolute Gasteiger partial charge is 0.119 e. The fourth-order valence-electron chi connectivity index (χ4n) is 2.35. The van der Waals surface area contributed by atoms with Crippen LogP contribution in [0.15, 0.2) is 36.5 Å². The molecular formula is C19H31NO. The third-order valence-electron chi connectivity index (χ3n) is 3.68. The summed E-state index contributed by atoms with van der Waals surface area (Å²) in [5.74, 6) is 0.971. The standard InChI is InChI=1S/C19H31NO/c1-2-3-4-5-6-7-8-9-17-21-19-14-12-18(13-15-19)11-10-16-20/h10,12-16H,2-9,11,17,20H2,1H3. The van der Waals surface area contributed by atoms with Crippen molar-refractivity contribution in [3.63, 3.8) is 0 Å². The van der Waals surface area contributed by atoms with Crippen molar-refractivity contribution in [3.05, 3.63) is 42.1 Å². The maximum absolute atomic E-state index is 5.77. The fourth-order valence-corrected chi connectivity index (χ4v) is 2.35. The first-order chi connectivity index (χ1) is 10.4. The molecule has 0 aliphatic heterocycles. The molecule has 0 saturated heterocycles. The molecule has 0 unspecified atom stereocenters. The molecule has 0 radical (unpaired) electrons. The molecule has 0 saturated carbocycles. The summed E-state index contributed by atoms with van der Waals surface area (Å²) in [6.07, 6.45) is 15.1. The Hall–Kier alpha value is -1.44. The summed E-state index contributed by atoms with van der Waals surface area (Å²) in [5, 5.41) is 0. The molecule has 0 spiro atoms. The quantitative estimate of drug-likeness (QED) is 0.535. The lowest BCUT2D eigenvalue weighted by atomic mass is 10.1. The molecule has 1 aromatic carbocycles. The Bertz CT molecular complexity index is 370. The van der Waals surface area contributed by atoms with Gasteiger partial charge in [-0.1, -0.05) is 70.1 Å². The Morgan fingerprint density at radius 3 is 2.14 bits per heavy atom. The molecule has 2 nitrogen and oxygen atoms in total. The van der Waals surface area contributed by atoms with Crippen molar-refractivity contribution in [1.29, 1.82) is 0 Å². The van der Waals surface area contributed by atoms with Crippen molar-refractivity contribution in [1.82, 2.24) is 0 Å². The van der Waals surface area contributed by atoms with Gasteiger partial charge < -0.3 is 10.5 Å². The van der Waals surface area contributed by atoms with Crippen molar-refractivity contribution in [3.8, 4) is 5.75 Å². The van der Waals surface area contributed by atoms with Crippen molar-refractivity contribution >= 4 is 0 Å². The molecule has 2 heteroatoms. The Morgan fingerprint density at radius 2 is 1.52 bits per heavy atom. The number of unbranched alkanes of at least 4 members (excludes halogenated alkanes) is 7. The van der Waals surface area contributed by atoms with E-state index in [1.165, 1.54) is 50.5 Å². The van der Waals surface area contributed by atoms with Crippen LogP contribution in [0.3, 0.4) is 0 Å². The van der Waals surface area contributed by atoms with Gasteiger partial charge in [0.15, 0.2) is 0 Å². The predicted molar refractivity (Wildman–Crippen MR) is 91.6 cm³/mol. The summed E-state index contributed by atoms with van der Waals surface area (Å²) < 4.78 is 5.77. The van der Waals surface area contributed by atoms with Gasteiger partial charge in [0.2, 0.25) is 0 Å². The molecule has 0 aliphatic carbocycles. The fraction of sp³-hybridized carbons (Fsp3) is 0.579. The van der Waals surface area contributed by atoms with Gasteiger partial charge in [-0.2, -0.15) is 0 Å². The number of nitrogens with two attached hydrogens (primary N) is 1. The number of hydrogen-bond donors (Lipinski definition) is 1. The highest BCUT2D eigenvalue weighted by Gasteiger charge is 1.96. The Labute approximate surface area is 130 Å². The SMILES string of the molecule is CCCCCCCCCCOc1ccc(CC=CN)cc1. The lowest BCUT2D eigenvalue weighted by Gasteiger charge is -2.07. The van der Waals surface area contributed by atoms with E-state index in [0.717, 1.165) is 25.2 Å². The maximum atomic E-state index is 5.77. The Balaban J connectivity index is 2.02. The molecule has 0 heterocycles. The minimum Gasteiger partial charge on any atom is -0.494 e. The monoisotopic (exact) mass is 289 g/mol. The maximum Gasteiger partial charge on any atom is 0.119 e. The van der Waals surface area contributed by atoms with Gasteiger partial charge in [0.05, 0.1) is 6.61 Å². The minimum atomic E-state index is 0.830. The zero-order chi connectivity index (χ0) is 15.2. The highest BCUT2D eigenvalue weighted by Crippen LogP contribution is 2.14. The molecule has 0 bridgehead atoms. The molecule has 0 aliphatic rings. The van der Waals surface area contributed by atoms with E-state index in [1.54, 1.807) is 6.20 Å². The lowest BCUT2D eigenvalue weighted by Crippen LogP contribution is -1.97. The lowest BCUT2D eigenvalue weighted by molar-refractivity contribution is 0.304. The molecule has 1 aromatic rings. The van der Waals surface area contributed by atoms with Gasteiger partial charge in [-0.15, -0.1) is 0 Å². The van der Waals surface area contributed by atoms with Gasteiger partial charge in [0.1, 0.15) is 5.75 Å². The average Bonchev–Trinajstić information content (AvgIpc) is 2.52. The van der Waals surface area contributed by atoms with E-state index < -0.39 is 0 Å². The van der Waals surface area contributed by atoms with Crippen LogP contribution in [0.5, 0.6) is 5.75 Å². The third-order valence-corrected chi connectivity index (χ3v) is 3.68. The van der Waals surface area contributed by atoms with Crippen LogP contribution in [0.2, 0.25) is 0 Å². The molecular weight excluding hydrogens is 258 g/mol. The van der Waals surface area contributed by atoms with E-state index in [1.807, 2.05) is 18.2 Å². The summed E-state index contributed by atoms with van der Waals surface area (Å²) in [5.41, 5.74) is 6.60. The Kier molecular flexibility index (Phi) is 10.3.